The van der Waals surface area contributed by atoms with Crippen LogP contribution in [0, 0.1) is 5.82 Å². The van der Waals surface area contributed by atoms with Crippen molar-refractivity contribution < 1.29 is 8.60 Å². The van der Waals surface area contributed by atoms with E-state index in [4.69, 9.17) is 0 Å². The number of nitrogens with zero attached hydrogens (tertiary/aromatic N) is 1. The summed E-state index contributed by atoms with van der Waals surface area (Å²) >= 11 is 1.48. The molecule has 1 aromatic carbocycles. The number of nitrogens with one attached hydrogen (secondary N) is 1. The van der Waals surface area contributed by atoms with E-state index in [1.54, 1.807) is 12.3 Å². The molecule has 0 unspecified atom stereocenters. The van der Waals surface area contributed by atoms with Gasteiger partial charge in [0.1, 0.15) is 10.8 Å². The molecule has 0 bridgehead atoms. The summed E-state index contributed by atoms with van der Waals surface area (Å²) < 4.78 is 28.1. The zero-order valence-electron chi connectivity index (χ0n) is 12.5. The molecule has 1 aromatic heterocycles. The molecule has 0 fully saturated rings. The van der Waals surface area contributed by atoms with Gasteiger partial charge in [0.25, 0.3) is 0 Å². The van der Waals surface area contributed by atoms with Gasteiger partial charge in [-0.2, -0.15) is 0 Å². The molecule has 2 aromatic rings. The van der Waals surface area contributed by atoms with Crippen LogP contribution in [0.3, 0.4) is 0 Å². The Morgan fingerprint density at radius 2 is 2.10 bits per heavy atom. The van der Waals surface area contributed by atoms with Crippen molar-refractivity contribution in [1.82, 2.24) is 9.71 Å². The van der Waals surface area contributed by atoms with Gasteiger partial charge in [-0.15, -0.1) is 11.3 Å². The van der Waals surface area contributed by atoms with E-state index in [2.05, 4.69) is 9.71 Å². The lowest BCUT2D eigenvalue weighted by Crippen LogP contribution is -2.34. The quantitative estimate of drug-likeness (QED) is 0.920. The van der Waals surface area contributed by atoms with Gasteiger partial charge in [-0.05, 0) is 39.8 Å². The van der Waals surface area contributed by atoms with Crippen LogP contribution in [0.4, 0.5) is 4.39 Å². The lowest BCUT2D eigenvalue weighted by atomic mass is 10.2. The molecule has 0 saturated heterocycles. The summed E-state index contributed by atoms with van der Waals surface area (Å²) in [5, 5.41) is 0.764. The van der Waals surface area contributed by atoms with Crippen LogP contribution in [0.15, 0.2) is 30.5 Å². The Morgan fingerprint density at radius 3 is 2.71 bits per heavy atom. The molecule has 0 amide bonds. The van der Waals surface area contributed by atoms with Crippen LogP contribution in [-0.4, -0.2) is 13.9 Å². The largest absolute Gasteiger partial charge is 0.244 e. The van der Waals surface area contributed by atoms with Crippen LogP contribution in [0.2, 0.25) is 0 Å². The Balaban J connectivity index is 2.14. The fraction of sp³-hybridized carbons (Fsp3) is 0.400. The molecule has 2 atom stereocenters. The van der Waals surface area contributed by atoms with Crippen molar-refractivity contribution >= 4 is 22.3 Å². The lowest BCUT2D eigenvalue weighted by molar-refractivity contribution is 0.618. The van der Waals surface area contributed by atoms with Gasteiger partial charge < -0.3 is 0 Å². The van der Waals surface area contributed by atoms with E-state index in [9.17, 15) is 8.60 Å². The molecule has 0 aliphatic heterocycles. The summed E-state index contributed by atoms with van der Waals surface area (Å²) in [7, 11) is -1.14. The van der Waals surface area contributed by atoms with Crippen molar-refractivity contribution in [2.75, 3.05) is 0 Å². The van der Waals surface area contributed by atoms with Crippen LogP contribution in [0.25, 0.3) is 10.6 Å². The fourth-order valence-electron chi connectivity index (χ4n) is 1.64. The molecule has 1 heterocycles. The Kier molecular flexibility index (Phi) is 4.91. The van der Waals surface area contributed by atoms with Crippen molar-refractivity contribution in [2.45, 2.75) is 38.5 Å². The Bertz CT molecular complexity index is 649. The van der Waals surface area contributed by atoms with Gasteiger partial charge in [0.05, 0.1) is 21.8 Å². The van der Waals surface area contributed by atoms with Gasteiger partial charge in [0.15, 0.2) is 0 Å². The minimum Gasteiger partial charge on any atom is -0.244 e. The molecule has 3 nitrogen and oxygen atoms in total. The van der Waals surface area contributed by atoms with E-state index in [0.29, 0.717) is 0 Å². The minimum atomic E-state index is -1.14. The maximum atomic E-state index is 13.2. The number of rotatable bonds is 4. The average Bonchev–Trinajstić information content (AvgIpc) is 2.87. The van der Waals surface area contributed by atoms with E-state index in [1.807, 2.05) is 33.8 Å². The molecule has 0 spiro atoms. The molecule has 0 saturated carbocycles. The first kappa shape index (κ1) is 16.3. The first-order valence-corrected chi connectivity index (χ1v) is 8.64. The molecule has 0 aliphatic rings. The fourth-order valence-corrected chi connectivity index (χ4v) is 3.43. The third-order valence-corrected chi connectivity index (χ3v) is 5.77. The third kappa shape index (κ3) is 4.18. The second-order valence-corrected chi connectivity index (χ2v) is 8.86. The molecular weight excluding hydrogens is 307 g/mol. The van der Waals surface area contributed by atoms with Crippen LogP contribution in [0.1, 0.15) is 38.6 Å². The van der Waals surface area contributed by atoms with Crippen molar-refractivity contribution in [3.63, 3.8) is 0 Å². The van der Waals surface area contributed by atoms with Crippen molar-refractivity contribution in [2.24, 2.45) is 0 Å². The van der Waals surface area contributed by atoms with Crippen molar-refractivity contribution in [1.29, 1.82) is 0 Å². The molecule has 114 valence electrons. The van der Waals surface area contributed by atoms with E-state index in [-0.39, 0.29) is 16.6 Å². The molecule has 2 rings (SSSR count). The summed E-state index contributed by atoms with van der Waals surface area (Å²) in [6, 6.07) is 6.31. The normalized spacial score (nSPS) is 14.9. The zero-order chi connectivity index (χ0) is 15.6. The number of aromatic nitrogens is 1. The van der Waals surface area contributed by atoms with E-state index < -0.39 is 11.0 Å². The van der Waals surface area contributed by atoms with Gasteiger partial charge in [-0.3, -0.25) is 0 Å². The van der Waals surface area contributed by atoms with E-state index in [1.165, 1.54) is 23.5 Å². The second kappa shape index (κ2) is 6.34. The highest BCUT2D eigenvalue weighted by Crippen LogP contribution is 2.29. The summed E-state index contributed by atoms with van der Waals surface area (Å²) in [6.45, 7) is 7.72. The topological polar surface area (TPSA) is 42.0 Å². The number of hydrogen-bond acceptors (Lipinski definition) is 3. The lowest BCUT2D eigenvalue weighted by Gasteiger charge is -2.21. The molecule has 21 heavy (non-hydrogen) atoms. The Hall–Kier alpha value is -1.11. The highest BCUT2D eigenvalue weighted by Gasteiger charge is 2.22. The summed E-state index contributed by atoms with van der Waals surface area (Å²) in [5.74, 6) is -0.274. The van der Waals surface area contributed by atoms with Crippen LogP contribution < -0.4 is 4.72 Å². The van der Waals surface area contributed by atoms with E-state index >= 15 is 0 Å². The molecule has 0 aliphatic carbocycles. The van der Waals surface area contributed by atoms with Gasteiger partial charge in [0, 0.05) is 16.6 Å². The molecule has 0 radical (unpaired) electrons. The maximum absolute atomic E-state index is 13.2. The SMILES string of the molecule is C[C@@H](N[S@](=O)C(C)(C)C)c1cnc(-c2cccc(F)c2)s1. The molecule has 1 N–H and O–H groups in total. The Labute approximate surface area is 131 Å². The molecular formula is C15H19FN2OS2. The predicted octanol–water partition coefficient (Wildman–Crippen LogP) is 4.06. The third-order valence-electron chi connectivity index (χ3n) is 2.86. The second-order valence-electron chi connectivity index (χ2n) is 5.80. The van der Waals surface area contributed by atoms with Gasteiger partial charge >= 0.3 is 0 Å². The highest BCUT2D eigenvalue weighted by molar-refractivity contribution is 7.84. The summed E-state index contributed by atoms with van der Waals surface area (Å²) in [4.78, 5) is 5.31. The van der Waals surface area contributed by atoms with E-state index in [0.717, 1.165) is 15.4 Å². The van der Waals surface area contributed by atoms with Crippen molar-refractivity contribution in [3.8, 4) is 10.6 Å². The maximum Gasteiger partial charge on any atom is 0.123 e. The number of hydrogen-bond donors (Lipinski definition) is 1. The van der Waals surface area contributed by atoms with Crippen LogP contribution >= 0.6 is 11.3 Å². The highest BCUT2D eigenvalue weighted by atomic mass is 32.2. The van der Waals surface area contributed by atoms with Gasteiger partial charge in [-0.25, -0.2) is 18.3 Å². The van der Waals surface area contributed by atoms with Gasteiger partial charge in [-0.1, -0.05) is 12.1 Å². The molecule has 6 heteroatoms. The van der Waals surface area contributed by atoms with Crippen molar-refractivity contribution in [3.05, 3.63) is 41.2 Å². The average molecular weight is 326 g/mol. The number of benzene rings is 1. The van der Waals surface area contributed by atoms with Crippen LogP contribution in [0.5, 0.6) is 0 Å². The predicted molar refractivity (Wildman–Crippen MR) is 87.0 cm³/mol. The first-order valence-electron chi connectivity index (χ1n) is 6.67. The first-order chi connectivity index (χ1) is 9.77. The standard InChI is InChI=1S/C15H19FN2OS2/c1-10(18-21(19)15(2,3)4)13-9-17-14(20-13)11-6-5-7-12(16)8-11/h5-10,18H,1-4H3/t10-,21-/m1/s1. The Morgan fingerprint density at radius 1 is 1.38 bits per heavy atom. The number of thiazole rings is 1. The van der Waals surface area contributed by atoms with Crippen LogP contribution in [-0.2, 0) is 11.0 Å². The minimum absolute atomic E-state index is 0.0649. The summed E-state index contributed by atoms with van der Waals surface area (Å²) in [6.07, 6.45) is 1.75. The van der Waals surface area contributed by atoms with Gasteiger partial charge in [0.2, 0.25) is 0 Å². The summed E-state index contributed by atoms with van der Waals surface area (Å²) in [5.41, 5.74) is 0.760. The monoisotopic (exact) mass is 326 g/mol. The number of halogens is 1. The smallest absolute Gasteiger partial charge is 0.123 e. The zero-order valence-corrected chi connectivity index (χ0v) is 14.1.